The summed E-state index contributed by atoms with van der Waals surface area (Å²) in [5, 5.41) is 12.3. The molecule has 4 nitrogen and oxygen atoms in total. The van der Waals surface area contributed by atoms with Crippen LogP contribution >= 0.6 is 23.1 Å². The molecule has 1 aromatic carbocycles. The smallest absolute Gasteiger partial charge is 0.305 e. The van der Waals surface area contributed by atoms with Crippen molar-refractivity contribution in [3.05, 3.63) is 38.3 Å². The number of hydrogen-bond donors (Lipinski definition) is 2. The van der Waals surface area contributed by atoms with E-state index in [9.17, 15) is 9.90 Å². The highest BCUT2D eigenvalue weighted by Crippen LogP contribution is 2.64. The molecule has 3 aliphatic rings. The van der Waals surface area contributed by atoms with E-state index in [0.29, 0.717) is 22.8 Å². The lowest BCUT2D eigenvalue weighted by atomic mass is 9.74. The maximum absolute atomic E-state index is 12.0. The van der Waals surface area contributed by atoms with Crippen LogP contribution in [0.25, 0.3) is 0 Å². The second-order valence-electron chi connectivity index (χ2n) is 7.08. The summed E-state index contributed by atoms with van der Waals surface area (Å²) in [7, 11) is 1.58. The Bertz CT molecular complexity index is 858. The van der Waals surface area contributed by atoms with E-state index in [1.807, 2.05) is 23.9 Å². The number of para-hydroxylation sites is 1. The third-order valence-corrected chi connectivity index (χ3v) is 8.67. The molecule has 0 saturated heterocycles. The minimum atomic E-state index is 0.00667. The van der Waals surface area contributed by atoms with Gasteiger partial charge in [-0.25, -0.2) is 0 Å². The molecule has 6 heteroatoms. The first-order valence-corrected chi connectivity index (χ1v) is 10.1. The minimum Gasteiger partial charge on any atom is -0.504 e. The fraction of sp³-hybridized carbons (Fsp3) is 0.500. The number of thioether (sulfide) groups is 1. The van der Waals surface area contributed by atoms with E-state index >= 15 is 0 Å². The lowest BCUT2D eigenvalue weighted by Crippen LogP contribution is -2.33. The van der Waals surface area contributed by atoms with Gasteiger partial charge >= 0.3 is 4.87 Å². The summed E-state index contributed by atoms with van der Waals surface area (Å²) >= 11 is 3.18. The summed E-state index contributed by atoms with van der Waals surface area (Å²) < 4.78 is 5.32. The van der Waals surface area contributed by atoms with Crippen LogP contribution in [0.5, 0.6) is 11.5 Å². The topological polar surface area (TPSA) is 62.3 Å². The van der Waals surface area contributed by atoms with E-state index in [2.05, 4.69) is 4.98 Å². The minimum absolute atomic E-state index is 0.00667. The number of rotatable bonds is 2. The number of aromatic hydroxyl groups is 1. The molecule has 0 unspecified atom stereocenters. The molecular formula is C18H19NO3S2. The predicted molar refractivity (Wildman–Crippen MR) is 95.4 cm³/mol. The van der Waals surface area contributed by atoms with Crippen molar-refractivity contribution in [3.63, 3.8) is 0 Å². The monoisotopic (exact) mass is 361 g/mol. The zero-order chi connectivity index (χ0) is 16.4. The lowest BCUT2D eigenvalue weighted by molar-refractivity contribution is 0.300. The summed E-state index contributed by atoms with van der Waals surface area (Å²) in [6, 6.07) is 5.72. The van der Waals surface area contributed by atoms with Crippen molar-refractivity contribution in [2.45, 2.75) is 35.5 Å². The molecule has 2 aromatic rings. The number of aromatic nitrogens is 1. The zero-order valence-electron chi connectivity index (χ0n) is 13.3. The number of nitrogens with one attached hydrogen (secondary N) is 1. The Morgan fingerprint density at radius 3 is 2.96 bits per heavy atom. The molecule has 2 saturated carbocycles. The van der Waals surface area contributed by atoms with Crippen LogP contribution in [0.2, 0.25) is 0 Å². The molecular weight excluding hydrogens is 342 g/mol. The Hall–Kier alpha value is -1.40. The van der Waals surface area contributed by atoms with Crippen LogP contribution in [0.4, 0.5) is 0 Å². The number of hydrogen-bond acceptors (Lipinski definition) is 5. The van der Waals surface area contributed by atoms with Gasteiger partial charge in [0.15, 0.2) is 11.5 Å². The SMILES string of the molecule is COc1cccc([C@@H]2c3sc(=O)[nH]c3S[C@@H]3[C@H]4CC[C@@H](C4)[C@H]23)c1O. The maximum atomic E-state index is 12.0. The maximum Gasteiger partial charge on any atom is 0.305 e. The molecule has 2 aliphatic carbocycles. The quantitative estimate of drug-likeness (QED) is 0.854. The van der Waals surface area contributed by atoms with Crippen molar-refractivity contribution in [1.82, 2.24) is 4.98 Å². The molecule has 126 valence electrons. The second kappa shape index (κ2) is 5.30. The van der Waals surface area contributed by atoms with Crippen LogP contribution in [0.15, 0.2) is 28.0 Å². The number of H-pyrrole nitrogens is 1. The zero-order valence-corrected chi connectivity index (χ0v) is 15.0. The van der Waals surface area contributed by atoms with E-state index in [1.54, 1.807) is 13.2 Å². The van der Waals surface area contributed by atoms with Crippen molar-refractivity contribution >= 4 is 23.1 Å². The average molecular weight is 361 g/mol. The number of ether oxygens (including phenoxy) is 1. The second-order valence-corrected chi connectivity index (χ2v) is 9.28. The average Bonchev–Trinajstić information content (AvgIpc) is 3.26. The van der Waals surface area contributed by atoms with Gasteiger partial charge < -0.3 is 14.8 Å². The van der Waals surface area contributed by atoms with Gasteiger partial charge in [-0.2, -0.15) is 0 Å². The number of phenols is 1. The van der Waals surface area contributed by atoms with Gasteiger partial charge in [-0.15, -0.1) is 11.8 Å². The van der Waals surface area contributed by atoms with E-state index in [0.717, 1.165) is 21.4 Å². The van der Waals surface area contributed by atoms with Crippen molar-refractivity contribution in [2.75, 3.05) is 7.11 Å². The summed E-state index contributed by atoms with van der Waals surface area (Å²) in [6.45, 7) is 0. The Labute approximate surface area is 148 Å². The summed E-state index contributed by atoms with van der Waals surface area (Å²) in [4.78, 5) is 16.1. The standard InChI is InChI=1S/C18H19NO3S2/c1-22-11-4-2-3-10(14(11)20)13-12-8-5-6-9(7-8)15(12)23-17-16(13)24-18(21)19-17/h2-4,8-9,12-13,15,20H,5-7H2,1H3,(H,19,21)/t8-,9-,12+,13-,15+/m0/s1. The predicted octanol–water partition coefficient (Wildman–Crippen LogP) is 3.80. The number of phenolic OH excluding ortho intramolecular Hbond substituents is 1. The van der Waals surface area contributed by atoms with Gasteiger partial charge in [0.1, 0.15) is 0 Å². The van der Waals surface area contributed by atoms with Gasteiger partial charge in [0.05, 0.1) is 12.1 Å². The molecule has 0 radical (unpaired) electrons. The van der Waals surface area contributed by atoms with Crippen molar-refractivity contribution < 1.29 is 9.84 Å². The number of fused-ring (bicyclic) bond motifs is 6. The van der Waals surface area contributed by atoms with Gasteiger partial charge in [0.2, 0.25) is 0 Å². The Balaban J connectivity index is 1.71. The summed E-state index contributed by atoms with van der Waals surface area (Å²) in [5.41, 5.74) is 0.911. The van der Waals surface area contributed by atoms with Crippen LogP contribution in [0.1, 0.15) is 35.6 Å². The lowest BCUT2D eigenvalue weighted by Gasteiger charge is -2.40. The summed E-state index contributed by atoms with van der Waals surface area (Å²) in [5.74, 6) is 2.79. The first-order valence-electron chi connectivity index (χ1n) is 8.43. The number of thiazole rings is 1. The molecule has 2 N–H and O–H groups in total. The van der Waals surface area contributed by atoms with Crippen LogP contribution in [0.3, 0.4) is 0 Å². The fourth-order valence-corrected chi connectivity index (χ4v) is 8.04. The molecule has 24 heavy (non-hydrogen) atoms. The molecule has 1 aromatic heterocycles. The van der Waals surface area contributed by atoms with E-state index in [1.165, 1.54) is 30.6 Å². The van der Waals surface area contributed by atoms with E-state index in [-0.39, 0.29) is 16.5 Å². The molecule has 0 amide bonds. The molecule has 5 rings (SSSR count). The van der Waals surface area contributed by atoms with Crippen LogP contribution in [-0.4, -0.2) is 22.5 Å². The van der Waals surface area contributed by atoms with Crippen molar-refractivity contribution in [1.29, 1.82) is 0 Å². The van der Waals surface area contributed by atoms with Gasteiger partial charge in [-0.05, 0) is 43.1 Å². The van der Waals surface area contributed by atoms with Gasteiger partial charge in [-0.3, -0.25) is 4.79 Å². The Morgan fingerprint density at radius 2 is 2.12 bits per heavy atom. The number of benzene rings is 1. The van der Waals surface area contributed by atoms with Crippen LogP contribution in [0, 0.1) is 17.8 Å². The van der Waals surface area contributed by atoms with Crippen LogP contribution < -0.4 is 9.61 Å². The van der Waals surface area contributed by atoms with Crippen LogP contribution in [-0.2, 0) is 0 Å². The Kier molecular flexibility index (Phi) is 3.29. The summed E-state index contributed by atoms with van der Waals surface area (Å²) in [6.07, 6.45) is 3.88. The van der Waals surface area contributed by atoms with Gasteiger partial charge in [0, 0.05) is 21.6 Å². The Morgan fingerprint density at radius 1 is 1.29 bits per heavy atom. The molecule has 1 aliphatic heterocycles. The highest BCUT2D eigenvalue weighted by molar-refractivity contribution is 8.00. The molecule has 2 bridgehead atoms. The molecule has 0 spiro atoms. The molecule has 5 atom stereocenters. The van der Waals surface area contributed by atoms with E-state index in [4.69, 9.17) is 4.74 Å². The first-order chi connectivity index (χ1) is 11.7. The highest BCUT2D eigenvalue weighted by Gasteiger charge is 2.55. The third-order valence-electron chi connectivity index (χ3n) is 6.05. The van der Waals surface area contributed by atoms with Gasteiger partial charge in [-0.1, -0.05) is 23.5 Å². The van der Waals surface area contributed by atoms with Gasteiger partial charge in [0.25, 0.3) is 0 Å². The normalized spacial score (nSPS) is 33.3. The molecule has 2 fully saturated rings. The van der Waals surface area contributed by atoms with Crippen molar-refractivity contribution in [3.8, 4) is 11.5 Å². The fourth-order valence-electron chi connectivity index (χ4n) is 5.15. The third kappa shape index (κ3) is 1.96. The number of methoxy groups -OCH3 is 1. The highest BCUT2D eigenvalue weighted by atomic mass is 32.2. The first kappa shape index (κ1) is 14.9. The van der Waals surface area contributed by atoms with Crippen molar-refractivity contribution in [2.24, 2.45) is 17.8 Å². The molecule has 2 heterocycles. The largest absolute Gasteiger partial charge is 0.504 e. The number of aromatic amines is 1. The van der Waals surface area contributed by atoms with E-state index < -0.39 is 0 Å².